The Morgan fingerprint density at radius 2 is 2.04 bits per heavy atom. The van der Waals surface area contributed by atoms with Gasteiger partial charge in [-0.1, -0.05) is 18.2 Å². The molecule has 7 nitrogen and oxygen atoms in total. The zero-order valence-electron chi connectivity index (χ0n) is 13.9. The van der Waals surface area contributed by atoms with Crippen LogP contribution >= 0.6 is 0 Å². The van der Waals surface area contributed by atoms with Gasteiger partial charge in [-0.15, -0.1) is 0 Å². The molecule has 2 heterocycles. The lowest BCUT2D eigenvalue weighted by Crippen LogP contribution is -2.23. The molecule has 0 radical (unpaired) electrons. The van der Waals surface area contributed by atoms with Gasteiger partial charge in [0.2, 0.25) is 0 Å². The molecule has 0 aliphatic rings. The molecular weight excluding hydrogens is 320 g/mol. The Balaban J connectivity index is 1.97. The topological polar surface area (TPSA) is 99.2 Å². The molecule has 0 saturated heterocycles. The van der Waals surface area contributed by atoms with Crippen LogP contribution in [0.2, 0.25) is 0 Å². The van der Waals surface area contributed by atoms with Gasteiger partial charge < -0.3 is 15.8 Å². The molecule has 0 aliphatic carbocycles. The number of ether oxygens (including phenoxy) is 1. The number of methoxy groups -OCH3 is 1. The molecule has 0 aliphatic heterocycles. The maximum absolute atomic E-state index is 13.0. The zero-order valence-corrected chi connectivity index (χ0v) is 13.9. The summed E-state index contributed by atoms with van der Waals surface area (Å²) in [6.45, 7) is 1.98. The highest BCUT2D eigenvalue weighted by molar-refractivity contribution is 6.06. The minimum atomic E-state index is -0.557. The Labute approximate surface area is 144 Å². The number of nitrogens with zero attached hydrogens (tertiary/aromatic N) is 2. The standard InChI is InChI=1S/C18H18N4O3/c1-11-16(19)14-5-3-4-6-15(14)22(11)17(23)12-7-8-20-13(9-12)10-21-18(24)25-2/h3-9H,10,19H2,1-2H3,(H,21,24). The number of para-hydroxylation sites is 1. The second-order valence-electron chi connectivity index (χ2n) is 5.54. The quantitative estimate of drug-likeness (QED) is 0.764. The number of fused-ring (bicyclic) bond motifs is 1. The first-order chi connectivity index (χ1) is 12.0. The lowest BCUT2D eigenvalue weighted by molar-refractivity contribution is 0.0963. The SMILES string of the molecule is COC(=O)NCc1cc(C(=O)n2c(C)c(N)c3ccccc32)ccn1. The van der Waals surface area contributed by atoms with Crippen molar-refractivity contribution in [2.75, 3.05) is 12.8 Å². The molecule has 0 saturated carbocycles. The maximum Gasteiger partial charge on any atom is 0.407 e. The van der Waals surface area contributed by atoms with Gasteiger partial charge in [-0.3, -0.25) is 14.3 Å². The first kappa shape index (κ1) is 16.5. The molecule has 25 heavy (non-hydrogen) atoms. The highest BCUT2D eigenvalue weighted by Crippen LogP contribution is 2.28. The van der Waals surface area contributed by atoms with Crippen molar-refractivity contribution in [1.82, 2.24) is 14.9 Å². The van der Waals surface area contributed by atoms with E-state index in [9.17, 15) is 9.59 Å². The number of amides is 1. The van der Waals surface area contributed by atoms with Crippen molar-refractivity contribution in [2.45, 2.75) is 13.5 Å². The number of hydrogen-bond acceptors (Lipinski definition) is 5. The number of nitrogens with two attached hydrogens (primary N) is 1. The van der Waals surface area contributed by atoms with E-state index in [1.165, 1.54) is 13.3 Å². The Bertz CT molecular complexity index is 962. The predicted octanol–water partition coefficient (Wildman–Crippen LogP) is 2.47. The number of nitrogens with one attached hydrogen (secondary N) is 1. The number of anilines is 1. The fourth-order valence-corrected chi connectivity index (χ4v) is 2.73. The van der Waals surface area contributed by atoms with Gasteiger partial charge in [0.1, 0.15) is 0 Å². The van der Waals surface area contributed by atoms with Crippen molar-refractivity contribution in [3.8, 4) is 0 Å². The van der Waals surface area contributed by atoms with Crippen LogP contribution in [0.1, 0.15) is 21.7 Å². The van der Waals surface area contributed by atoms with Crippen molar-refractivity contribution in [2.24, 2.45) is 0 Å². The molecule has 0 fully saturated rings. The zero-order chi connectivity index (χ0) is 18.0. The highest BCUT2D eigenvalue weighted by Gasteiger charge is 2.18. The van der Waals surface area contributed by atoms with Gasteiger partial charge in [-0.05, 0) is 25.1 Å². The summed E-state index contributed by atoms with van der Waals surface area (Å²) in [5, 5.41) is 3.38. The van der Waals surface area contributed by atoms with E-state index in [-0.39, 0.29) is 12.5 Å². The van der Waals surface area contributed by atoms with E-state index in [2.05, 4.69) is 15.0 Å². The fourth-order valence-electron chi connectivity index (χ4n) is 2.73. The first-order valence-corrected chi connectivity index (χ1v) is 7.70. The average Bonchev–Trinajstić information content (AvgIpc) is 2.90. The molecular formula is C18H18N4O3. The fraction of sp³-hybridized carbons (Fsp3) is 0.167. The number of aromatic nitrogens is 2. The Kier molecular flexibility index (Phi) is 4.38. The molecule has 3 aromatic rings. The van der Waals surface area contributed by atoms with Crippen LogP contribution in [0.5, 0.6) is 0 Å². The number of nitrogen functional groups attached to an aromatic ring is 1. The molecule has 0 unspecified atom stereocenters. The summed E-state index contributed by atoms with van der Waals surface area (Å²) in [7, 11) is 1.28. The molecule has 1 amide bonds. The normalized spacial score (nSPS) is 10.6. The summed E-state index contributed by atoms with van der Waals surface area (Å²) >= 11 is 0. The lowest BCUT2D eigenvalue weighted by Gasteiger charge is -2.09. The van der Waals surface area contributed by atoms with Gasteiger partial charge in [0.25, 0.3) is 5.91 Å². The molecule has 7 heteroatoms. The van der Waals surface area contributed by atoms with Crippen LogP contribution in [-0.2, 0) is 11.3 Å². The number of carbonyl (C=O) groups excluding carboxylic acids is 2. The van der Waals surface area contributed by atoms with Crippen LogP contribution in [-0.4, -0.2) is 28.7 Å². The third-order valence-electron chi connectivity index (χ3n) is 4.03. The van der Waals surface area contributed by atoms with Crippen molar-refractivity contribution >= 4 is 28.6 Å². The van der Waals surface area contributed by atoms with Crippen LogP contribution in [0.3, 0.4) is 0 Å². The first-order valence-electron chi connectivity index (χ1n) is 7.70. The van der Waals surface area contributed by atoms with E-state index >= 15 is 0 Å². The number of benzene rings is 1. The van der Waals surface area contributed by atoms with Crippen molar-refractivity contribution in [1.29, 1.82) is 0 Å². The lowest BCUT2D eigenvalue weighted by atomic mass is 10.2. The molecule has 2 aromatic heterocycles. The number of pyridine rings is 1. The number of rotatable bonds is 3. The second-order valence-corrected chi connectivity index (χ2v) is 5.54. The van der Waals surface area contributed by atoms with Crippen LogP contribution < -0.4 is 11.1 Å². The molecule has 128 valence electrons. The second kappa shape index (κ2) is 6.64. The molecule has 3 N–H and O–H groups in total. The van der Waals surface area contributed by atoms with Crippen LogP contribution in [0.25, 0.3) is 10.9 Å². The third kappa shape index (κ3) is 3.03. The van der Waals surface area contributed by atoms with E-state index in [0.29, 0.717) is 22.6 Å². The smallest absolute Gasteiger partial charge is 0.407 e. The Morgan fingerprint density at radius 3 is 2.80 bits per heavy atom. The number of carbonyl (C=O) groups is 2. The molecule has 3 rings (SSSR count). The van der Waals surface area contributed by atoms with E-state index in [4.69, 9.17) is 5.73 Å². The van der Waals surface area contributed by atoms with Crippen LogP contribution in [0.4, 0.5) is 10.5 Å². The van der Waals surface area contributed by atoms with Crippen LogP contribution in [0, 0.1) is 6.92 Å². The van der Waals surface area contributed by atoms with Gasteiger partial charge in [0.05, 0.1) is 30.6 Å². The summed E-state index contributed by atoms with van der Waals surface area (Å²) in [6.07, 6.45) is 0.977. The molecule has 0 bridgehead atoms. The van der Waals surface area contributed by atoms with Gasteiger partial charge in [-0.25, -0.2) is 4.79 Å². The summed E-state index contributed by atoms with van der Waals surface area (Å²) in [5.74, 6) is -0.202. The van der Waals surface area contributed by atoms with Gasteiger partial charge in [-0.2, -0.15) is 0 Å². The molecule has 1 aromatic carbocycles. The third-order valence-corrected chi connectivity index (χ3v) is 4.03. The molecule has 0 spiro atoms. The van der Waals surface area contributed by atoms with Crippen molar-refractivity contribution in [3.63, 3.8) is 0 Å². The monoisotopic (exact) mass is 338 g/mol. The highest BCUT2D eigenvalue weighted by atomic mass is 16.5. The summed E-state index contributed by atoms with van der Waals surface area (Å²) in [5.41, 5.74) is 9.19. The maximum atomic E-state index is 13.0. The van der Waals surface area contributed by atoms with Crippen molar-refractivity contribution in [3.05, 3.63) is 59.5 Å². The van der Waals surface area contributed by atoms with Crippen molar-refractivity contribution < 1.29 is 14.3 Å². The minimum Gasteiger partial charge on any atom is -0.453 e. The largest absolute Gasteiger partial charge is 0.453 e. The number of hydrogen-bond donors (Lipinski definition) is 2. The van der Waals surface area contributed by atoms with E-state index in [1.807, 2.05) is 31.2 Å². The van der Waals surface area contributed by atoms with Gasteiger partial charge in [0.15, 0.2) is 0 Å². The Morgan fingerprint density at radius 1 is 1.28 bits per heavy atom. The summed E-state index contributed by atoms with van der Waals surface area (Å²) in [4.78, 5) is 28.3. The minimum absolute atomic E-state index is 0.168. The summed E-state index contributed by atoms with van der Waals surface area (Å²) in [6, 6.07) is 10.8. The van der Waals surface area contributed by atoms with Gasteiger partial charge >= 0.3 is 6.09 Å². The van der Waals surface area contributed by atoms with Crippen LogP contribution in [0.15, 0.2) is 42.6 Å². The van der Waals surface area contributed by atoms with E-state index in [1.54, 1.807) is 16.7 Å². The van der Waals surface area contributed by atoms with E-state index < -0.39 is 6.09 Å². The average molecular weight is 338 g/mol. The van der Waals surface area contributed by atoms with Gasteiger partial charge in [0, 0.05) is 22.8 Å². The number of alkyl carbamates (subject to hydrolysis) is 1. The Hall–Kier alpha value is -3.35. The molecule has 0 atom stereocenters. The predicted molar refractivity (Wildman–Crippen MR) is 94.3 cm³/mol. The van der Waals surface area contributed by atoms with E-state index in [0.717, 1.165) is 10.9 Å². The summed E-state index contributed by atoms with van der Waals surface area (Å²) < 4.78 is 6.12.